The van der Waals surface area contributed by atoms with Crippen LogP contribution in [0.15, 0.2) is 22.7 Å². The first-order valence-corrected chi connectivity index (χ1v) is 8.45. The van der Waals surface area contributed by atoms with E-state index in [0.29, 0.717) is 11.6 Å². The standard InChI is InChI=1S/C15H16BrFN2S/c1-2-13-14(8-18-10-4-5-10)20-15(19-13)11-7-9(16)3-6-12(11)17/h3,6-7,10,18H,2,4-5,8H2,1H3. The average molecular weight is 355 g/mol. The molecule has 0 radical (unpaired) electrons. The van der Waals surface area contributed by atoms with Crippen molar-refractivity contribution in [3.8, 4) is 10.6 Å². The Balaban J connectivity index is 1.90. The van der Waals surface area contributed by atoms with Gasteiger partial charge >= 0.3 is 0 Å². The molecule has 0 spiro atoms. The molecule has 1 aliphatic carbocycles. The maximum Gasteiger partial charge on any atom is 0.133 e. The van der Waals surface area contributed by atoms with Crippen molar-refractivity contribution in [1.29, 1.82) is 0 Å². The van der Waals surface area contributed by atoms with Gasteiger partial charge in [0.2, 0.25) is 0 Å². The van der Waals surface area contributed by atoms with E-state index in [9.17, 15) is 4.39 Å². The fraction of sp³-hybridized carbons (Fsp3) is 0.400. The number of nitrogens with one attached hydrogen (secondary N) is 1. The van der Waals surface area contributed by atoms with Gasteiger partial charge < -0.3 is 5.32 Å². The summed E-state index contributed by atoms with van der Waals surface area (Å²) in [5.74, 6) is -0.216. The van der Waals surface area contributed by atoms with Crippen LogP contribution < -0.4 is 5.32 Å². The Morgan fingerprint density at radius 1 is 1.45 bits per heavy atom. The summed E-state index contributed by atoms with van der Waals surface area (Å²) in [5.41, 5.74) is 1.66. The monoisotopic (exact) mass is 354 g/mol. The van der Waals surface area contributed by atoms with Crippen LogP contribution in [-0.2, 0) is 13.0 Å². The van der Waals surface area contributed by atoms with Crippen LogP contribution in [0.25, 0.3) is 10.6 Å². The minimum absolute atomic E-state index is 0.216. The first kappa shape index (κ1) is 14.2. The van der Waals surface area contributed by atoms with Crippen molar-refractivity contribution < 1.29 is 4.39 Å². The molecule has 106 valence electrons. The zero-order valence-corrected chi connectivity index (χ0v) is 13.7. The molecule has 1 aromatic carbocycles. The minimum atomic E-state index is -0.216. The Hall–Kier alpha value is -0.780. The minimum Gasteiger partial charge on any atom is -0.309 e. The van der Waals surface area contributed by atoms with E-state index in [0.717, 1.165) is 28.1 Å². The van der Waals surface area contributed by atoms with Crippen molar-refractivity contribution in [3.05, 3.63) is 39.1 Å². The predicted octanol–water partition coefficient (Wildman–Crippen LogP) is 4.53. The fourth-order valence-electron chi connectivity index (χ4n) is 2.10. The molecular formula is C15H16BrFN2S. The molecule has 0 saturated heterocycles. The van der Waals surface area contributed by atoms with E-state index in [1.165, 1.54) is 23.8 Å². The normalized spacial score (nSPS) is 14.8. The molecule has 3 rings (SSSR count). The van der Waals surface area contributed by atoms with E-state index in [2.05, 4.69) is 33.2 Å². The number of nitrogens with zero attached hydrogens (tertiary/aromatic N) is 1. The van der Waals surface area contributed by atoms with Gasteiger partial charge in [0, 0.05) is 27.5 Å². The van der Waals surface area contributed by atoms with Gasteiger partial charge in [0.15, 0.2) is 0 Å². The van der Waals surface area contributed by atoms with Crippen molar-refractivity contribution >= 4 is 27.3 Å². The summed E-state index contributed by atoms with van der Waals surface area (Å²) >= 11 is 4.99. The molecule has 5 heteroatoms. The molecule has 1 fully saturated rings. The second-order valence-corrected chi connectivity index (χ2v) is 7.02. The highest BCUT2D eigenvalue weighted by atomic mass is 79.9. The van der Waals surface area contributed by atoms with Crippen LogP contribution in [0.4, 0.5) is 4.39 Å². The van der Waals surface area contributed by atoms with Gasteiger partial charge in [-0.2, -0.15) is 0 Å². The van der Waals surface area contributed by atoms with E-state index in [1.54, 1.807) is 23.5 Å². The summed E-state index contributed by atoms with van der Waals surface area (Å²) in [4.78, 5) is 5.85. The molecule has 20 heavy (non-hydrogen) atoms. The third-order valence-electron chi connectivity index (χ3n) is 3.40. The number of thiazole rings is 1. The number of halogens is 2. The lowest BCUT2D eigenvalue weighted by molar-refractivity contribution is 0.631. The predicted molar refractivity (Wildman–Crippen MR) is 84.4 cm³/mol. The molecule has 1 aromatic heterocycles. The molecule has 2 nitrogen and oxygen atoms in total. The van der Waals surface area contributed by atoms with Gasteiger partial charge in [0.1, 0.15) is 10.8 Å². The van der Waals surface area contributed by atoms with E-state index >= 15 is 0 Å². The second kappa shape index (κ2) is 5.92. The average Bonchev–Trinajstić information content (AvgIpc) is 3.18. The lowest BCUT2D eigenvalue weighted by atomic mass is 10.2. The van der Waals surface area contributed by atoms with Crippen molar-refractivity contribution in [2.24, 2.45) is 0 Å². The summed E-state index contributed by atoms with van der Waals surface area (Å²) in [6.45, 7) is 2.94. The second-order valence-electron chi connectivity index (χ2n) is 5.02. The van der Waals surface area contributed by atoms with Crippen LogP contribution in [0, 0.1) is 5.82 Å². The van der Waals surface area contributed by atoms with E-state index in [-0.39, 0.29) is 5.82 Å². The Bertz CT molecular complexity index is 622. The zero-order valence-electron chi connectivity index (χ0n) is 11.2. The molecule has 0 aliphatic heterocycles. The lowest BCUT2D eigenvalue weighted by Gasteiger charge is -2.00. The number of hydrogen-bond acceptors (Lipinski definition) is 3. The van der Waals surface area contributed by atoms with E-state index < -0.39 is 0 Å². The maximum atomic E-state index is 14.0. The van der Waals surface area contributed by atoms with Crippen molar-refractivity contribution in [2.75, 3.05) is 0 Å². The Morgan fingerprint density at radius 2 is 2.25 bits per heavy atom. The number of rotatable bonds is 5. The third kappa shape index (κ3) is 3.10. The number of aromatic nitrogens is 1. The molecule has 1 saturated carbocycles. The first-order chi connectivity index (χ1) is 9.67. The molecule has 0 amide bonds. The van der Waals surface area contributed by atoms with E-state index in [1.807, 2.05) is 0 Å². The van der Waals surface area contributed by atoms with Gasteiger partial charge in [0.25, 0.3) is 0 Å². The van der Waals surface area contributed by atoms with Crippen LogP contribution in [-0.4, -0.2) is 11.0 Å². The van der Waals surface area contributed by atoms with Crippen LogP contribution in [0.2, 0.25) is 0 Å². The zero-order chi connectivity index (χ0) is 14.1. The molecule has 0 unspecified atom stereocenters. The fourth-order valence-corrected chi connectivity index (χ4v) is 3.58. The summed E-state index contributed by atoms with van der Waals surface area (Å²) in [5, 5.41) is 4.28. The van der Waals surface area contributed by atoms with Gasteiger partial charge in [-0.15, -0.1) is 11.3 Å². The van der Waals surface area contributed by atoms with E-state index in [4.69, 9.17) is 0 Å². The van der Waals surface area contributed by atoms with Crippen LogP contribution in [0.1, 0.15) is 30.3 Å². The summed E-state index contributed by atoms with van der Waals surface area (Å²) < 4.78 is 14.8. The summed E-state index contributed by atoms with van der Waals surface area (Å²) in [6, 6.07) is 5.66. The Morgan fingerprint density at radius 3 is 2.95 bits per heavy atom. The highest BCUT2D eigenvalue weighted by Crippen LogP contribution is 2.32. The van der Waals surface area contributed by atoms with Gasteiger partial charge in [0.05, 0.1) is 5.69 Å². The molecular weight excluding hydrogens is 339 g/mol. The van der Waals surface area contributed by atoms with Crippen molar-refractivity contribution in [2.45, 2.75) is 38.8 Å². The van der Waals surface area contributed by atoms with Gasteiger partial charge in [-0.1, -0.05) is 22.9 Å². The third-order valence-corrected chi connectivity index (χ3v) is 5.02. The molecule has 0 atom stereocenters. The van der Waals surface area contributed by atoms with Crippen LogP contribution in [0.3, 0.4) is 0 Å². The first-order valence-electron chi connectivity index (χ1n) is 6.84. The van der Waals surface area contributed by atoms with Crippen molar-refractivity contribution in [1.82, 2.24) is 10.3 Å². The van der Waals surface area contributed by atoms with Crippen LogP contribution >= 0.6 is 27.3 Å². The summed E-state index contributed by atoms with van der Waals surface area (Å²) in [6.07, 6.45) is 3.43. The SMILES string of the molecule is CCc1nc(-c2cc(Br)ccc2F)sc1CNC1CC1. The van der Waals surface area contributed by atoms with Gasteiger partial charge in [-0.3, -0.25) is 0 Å². The Kier molecular flexibility index (Phi) is 4.19. The topological polar surface area (TPSA) is 24.9 Å². The van der Waals surface area contributed by atoms with Gasteiger partial charge in [-0.25, -0.2) is 9.37 Å². The molecule has 1 heterocycles. The Labute approximate surface area is 130 Å². The molecule has 2 aromatic rings. The molecule has 0 bridgehead atoms. The maximum absolute atomic E-state index is 14.0. The number of hydrogen-bond donors (Lipinski definition) is 1. The highest BCUT2D eigenvalue weighted by Gasteiger charge is 2.22. The van der Waals surface area contributed by atoms with Crippen LogP contribution in [0.5, 0.6) is 0 Å². The van der Waals surface area contributed by atoms with Gasteiger partial charge in [-0.05, 0) is 37.5 Å². The quantitative estimate of drug-likeness (QED) is 0.853. The highest BCUT2D eigenvalue weighted by molar-refractivity contribution is 9.10. The smallest absolute Gasteiger partial charge is 0.133 e. The largest absolute Gasteiger partial charge is 0.309 e. The number of aryl methyl sites for hydroxylation is 1. The molecule has 1 N–H and O–H groups in total. The van der Waals surface area contributed by atoms with Crippen molar-refractivity contribution in [3.63, 3.8) is 0 Å². The summed E-state index contributed by atoms with van der Waals surface area (Å²) in [7, 11) is 0. The number of benzene rings is 1. The molecule has 1 aliphatic rings. The lowest BCUT2D eigenvalue weighted by Crippen LogP contribution is -2.15.